The van der Waals surface area contributed by atoms with Gasteiger partial charge < -0.3 is 23.8 Å². The fourth-order valence-corrected chi connectivity index (χ4v) is 8.97. The van der Waals surface area contributed by atoms with Crippen LogP contribution in [0.4, 0.5) is 0 Å². The number of ether oxygens (including phenoxy) is 3. The largest absolute Gasteiger partial charge is 0.477 e. The van der Waals surface area contributed by atoms with Crippen molar-refractivity contribution in [3.8, 4) is 0 Å². The molecule has 8 heteroatoms. The molecule has 0 spiro atoms. The minimum absolute atomic E-state index is 0.0464. The Morgan fingerprint density at radius 3 is 1.09 bits per heavy atom. The van der Waals surface area contributed by atoms with Gasteiger partial charge in [0, 0.05) is 19.3 Å². The van der Waals surface area contributed by atoms with Crippen LogP contribution in [0, 0.1) is 0 Å². The van der Waals surface area contributed by atoms with Crippen molar-refractivity contribution >= 4 is 17.9 Å². The smallest absolute Gasteiger partial charge is 0.362 e. The van der Waals surface area contributed by atoms with Gasteiger partial charge in [0.05, 0.1) is 34.4 Å². The Bertz CT molecular complexity index is 1090. The average molecular weight is 936 g/mol. The number of likely N-dealkylation sites (N-methyl/N-ethyl adjacent to an activating group) is 1. The molecule has 0 heterocycles. The van der Waals surface area contributed by atoms with E-state index in [1.165, 1.54) is 218 Å². The highest BCUT2D eigenvalue weighted by Gasteiger charge is 2.31. The van der Waals surface area contributed by atoms with Gasteiger partial charge in [0.25, 0.3) is 0 Å². The SMILES string of the molecule is CCCCCCCCCCCC/C=C/CCCCCCCCCC(=O)OCC(COCCC(C(=O)O)[N+](C)(C)C)OC(=O)CCCCCCCCCCCCCCCCCCCCCCC. The number of hydrogen-bond acceptors (Lipinski definition) is 6. The Kier molecular flexibility index (Phi) is 48.0. The van der Waals surface area contributed by atoms with E-state index in [9.17, 15) is 19.5 Å². The Morgan fingerprint density at radius 2 is 0.758 bits per heavy atom. The van der Waals surface area contributed by atoms with E-state index in [0.29, 0.717) is 19.3 Å². The van der Waals surface area contributed by atoms with E-state index in [0.717, 1.165) is 38.5 Å². The van der Waals surface area contributed by atoms with Crippen molar-refractivity contribution < 1.29 is 38.2 Å². The number of carboxylic acid groups (broad SMARTS) is 1. The second kappa shape index (κ2) is 49.5. The number of aliphatic carboxylic acids is 1. The topological polar surface area (TPSA) is 99.1 Å². The van der Waals surface area contributed by atoms with Crippen molar-refractivity contribution in [1.29, 1.82) is 0 Å². The first-order valence-corrected chi connectivity index (χ1v) is 28.7. The molecule has 0 fully saturated rings. The van der Waals surface area contributed by atoms with Crippen LogP contribution in [0.15, 0.2) is 12.2 Å². The lowest BCUT2D eigenvalue weighted by Crippen LogP contribution is -2.50. The van der Waals surface area contributed by atoms with Crippen LogP contribution >= 0.6 is 0 Å². The lowest BCUT2D eigenvalue weighted by molar-refractivity contribution is -0.887. The summed E-state index contributed by atoms with van der Waals surface area (Å²) in [5.41, 5.74) is 0. The predicted octanol–water partition coefficient (Wildman–Crippen LogP) is 17.0. The van der Waals surface area contributed by atoms with Crippen LogP contribution in [0.1, 0.15) is 290 Å². The highest BCUT2D eigenvalue weighted by molar-refractivity contribution is 5.72. The van der Waals surface area contributed by atoms with Crippen LogP contribution in [0.25, 0.3) is 0 Å². The van der Waals surface area contributed by atoms with Crippen molar-refractivity contribution in [3.63, 3.8) is 0 Å². The minimum atomic E-state index is -0.870. The summed E-state index contributed by atoms with van der Waals surface area (Å²) in [5, 5.41) is 9.67. The number of hydrogen-bond donors (Lipinski definition) is 1. The molecular formula is C58H112NO7+. The minimum Gasteiger partial charge on any atom is -0.477 e. The molecule has 0 rings (SSSR count). The molecule has 66 heavy (non-hydrogen) atoms. The number of carbonyl (C=O) groups is 3. The van der Waals surface area contributed by atoms with Gasteiger partial charge in [-0.15, -0.1) is 0 Å². The van der Waals surface area contributed by atoms with E-state index in [4.69, 9.17) is 14.2 Å². The van der Waals surface area contributed by atoms with E-state index in [1.807, 2.05) is 21.1 Å². The third-order valence-electron chi connectivity index (χ3n) is 13.4. The number of rotatable bonds is 53. The van der Waals surface area contributed by atoms with Crippen LogP contribution < -0.4 is 0 Å². The second-order valence-corrected chi connectivity index (χ2v) is 20.9. The van der Waals surface area contributed by atoms with Gasteiger partial charge in [-0.05, 0) is 38.5 Å². The van der Waals surface area contributed by atoms with Crippen LogP contribution in [-0.2, 0) is 28.6 Å². The number of nitrogens with zero attached hydrogens (tertiary/aromatic N) is 1. The molecule has 0 aromatic carbocycles. The maximum absolute atomic E-state index is 12.8. The molecule has 0 saturated carbocycles. The van der Waals surface area contributed by atoms with Crippen LogP contribution in [0.3, 0.4) is 0 Å². The normalized spacial score (nSPS) is 12.8. The van der Waals surface area contributed by atoms with Gasteiger partial charge in [-0.25, -0.2) is 4.79 Å². The molecule has 1 N–H and O–H groups in total. The summed E-state index contributed by atoms with van der Waals surface area (Å²) in [4.78, 5) is 37.3. The van der Waals surface area contributed by atoms with E-state index < -0.39 is 18.1 Å². The van der Waals surface area contributed by atoms with Crippen molar-refractivity contribution in [1.82, 2.24) is 0 Å². The zero-order chi connectivity index (χ0) is 48.4. The first-order chi connectivity index (χ1) is 32.1. The molecule has 0 amide bonds. The third-order valence-corrected chi connectivity index (χ3v) is 13.4. The molecule has 8 nitrogen and oxygen atoms in total. The Morgan fingerprint density at radius 1 is 0.439 bits per heavy atom. The Hall–Kier alpha value is -1.93. The van der Waals surface area contributed by atoms with Gasteiger partial charge >= 0.3 is 17.9 Å². The molecule has 2 atom stereocenters. The quantitative estimate of drug-likeness (QED) is 0.0281. The summed E-state index contributed by atoms with van der Waals surface area (Å²) in [6.07, 6.45) is 57.0. The first-order valence-electron chi connectivity index (χ1n) is 28.7. The molecule has 0 aromatic heterocycles. The molecule has 390 valence electrons. The maximum atomic E-state index is 12.8. The fraction of sp³-hybridized carbons (Fsp3) is 0.914. The third kappa shape index (κ3) is 47.1. The zero-order valence-electron chi connectivity index (χ0n) is 44.7. The summed E-state index contributed by atoms with van der Waals surface area (Å²) in [6, 6.07) is -0.612. The van der Waals surface area contributed by atoms with E-state index in [-0.39, 0.29) is 36.2 Å². The summed E-state index contributed by atoms with van der Waals surface area (Å²) in [6.45, 7) is 4.80. The van der Waals surface area contributed by atoms with Gasteiger partial charge in [0.1, 0.15) is 6.61 Å². The van der Waals surface area contributed by atoms with Gasteiger partial charge in [-0.2, -0.15) is 0 Å². The Labute approximate surface area is 409 Å². The van der Waals surface area contributed by atoms with E-state index in [2.05, 4.69) is 26.0 Å². The Balaban J connectivity index is 4.14. The molecule has 0 aliphatic rings. The van der Waals surface area contributed by atoms with Gasteiger partial charge in [0.2, 0.25) is 0 Å². The number of quaternary nitrogens is 1. The van der Waals surface area contributed by atoms with E-state index in [1.54, 1.807) is 0 Å². The number of carboxylic acids is 1. The molecule has 0 radical (unpaired) electrons. The van der Waals surface area contributed by atoms with Gasteiger partial charge in [-0.3, -0.25) is 9.59 Å². The lowest BCUT2D eigenvalue weighted by atomic mass is 10.0. The zero-order valence-corrected chi connectivity index (χ0v) is 44.7. The van der Waals surface area contributed by atoms with Crippen LogP contribution in [-0.4, -0.2) is 80.6 Å². The highest BCUT2D eigenvalue weighted by atomic mass is 16.6. The summed E-state index contributed by atoms with van der Waals surface area (Å²) in [7, 11) is 5.55. The van der Waals surface area contributed by atoms with Gasteiger partial charge in [-0.1, -0.05) is 244 Å². The van der Waals surface area contributed by atoms with Crippen molar-refractivity contribution in [2.75, 3.05) is 41.0 Å². The van der Waals surface area contributed by atoms with Crippen LogP contribution in [0.5, 0.6) is 0 Å². The molecule has 0 aliphatic heterocycles. The molecule has 2 unspecified atom stereocenters. The van der Waals surface area contributed by atoms with Crippen LogP contribution in [0.2, 0.25) is 0 Å². The fourth-order valence-electron chi connectivity index (χ4n) is 8.97. The monoisotopic (exact) mass is 935 g/mol. The van der Waals surface area contributed by atoms with Crippen molar-refractivity contribution in [3.05, 3.63) is 12.2 Å². The maximum Gasteiger partial charge on any atom is 0.362 e. The van der Waals surface area contributed by atoms with Crippen molar-refractivity contribution in [2.24, 2.45) is 0 Å². The number of esters is 2. The summed E-state index contributed by atoms with van der Waals surface area (Å²) in [5.74, 6) is -1.45. The first kappa shape index (κ1) is 64.1. The number of carbonyl (C=O) groups excluding carboxylic acids is 2. The number of allylic oxidation sites excluding steroid dienone is 2. The van der Waals surface area contributed by atoms with Crippen molar-refractivity contribution in [2.45, 2.75) is 302 Å². The standard InChI is InChI=1S/C58H111NO7/c1-6-8-10-12-14-16-18-20-22-24-26-28-30-32-34-36-38-40-42-44-46-48-56(60)65-53-54(52-64-51-50-55(58(62)63)59(3,4)5)66-57(61)49-47-45-43-41-39-37-35-33-31-29-27-25-23-21-19-17-15-13-11-9-7-2/h28,30,54-55H,6-27,29,31-53H2,1-5H3/p+1/b30-28+. The highest BCUT2D eigenvalue weighted by Crippen LogP contribution is 2.17. The molecule has 0 saturated heterocycles. The average Bonchev–Trinajstić information content (AvgIpc) is 3.28. The van der Waals surface area contributed by atoms with E-state index >= 15 is 0 Å². The molecule has 0 bridgehead atoms. The summed E-state index contributed by atoms with van der Waals surface area (Å²) >= 11 is 0. The van der Waals surface area contributed by atoms with Gasteiger partial charge in [0.15, 0.2) is 12.1 Å². The molecule has 0 aliphatic carbocycles. The number of unbranched alkanes of at least 4 members (excludes halogenated alkanes) is 37. The molecular weight excluding hydrogens is 823 g/mol. The summed E-state index contributed by atoms with van der Waals surface area (Å²) < 4.78 is 17.4. The predicted molar refractivity (Wildman–Crippen MR) is 280 cm³/mol. The molecule has 0 aromatic rings. The second-order valence-electron chi connectivity index (χ2n) is 20.9. The lowest BCUT2D eigenvalue weighted by Gasteiger charge is -2.31.